The van der Waals surface area contributed by atoms with Crippen LogP contribution in [-0.2, 0) is 25.5 Å². The number of fused-ring (bicyclic) bond motifs is 1. The van der Waals surface area contributed by atoms with Crippen LogP contribution in [0.4, 0.5) is 5.69 Å². The van der Waals surface area contributed by atoms with Gasteiger partial charge in [0.05, 0.1) is 17.5 Å². The Labute approximate surface area is 193 Å². The summed E-state index contributed by atoms with van der Waals surface area (Å²) >= 11 is 1.16. The van der Waals surface area contributed by atoms with Crippen LogP contribution in [0.15, 0.2) is 42.5 Å². The minimum atomic E-state index is -0.888. The smallest absolute Gasteiger partial charge is 0.316 e. The van der Waals surface area contributed by atoms with E-state index < -0.39 is 12.1 Å². The molecule has 0 fully saturated rings. The number of ether oxygens (including phenoxy) is 1. The summed E-state index contributed by atoms with van der Waals surface area (Å²) in [6, 6.07) is 13.8. The van der Waals surface area contributed by atoms with Gasteiger partial charge in [0.1, 0.15) is 0 Å². The average Bonchev–Trinajstić information content (AvgIpc) is 2.76. The molecule has 0 heterocycles. The van der Waals surface area contributed by atoms with Crippen molar-refractivity contribution in [3.8, 4) is 0 Å². The SMILES string of the molecule is Cc1ccc(NC(=O)CSCC(=O)O[C@H](C)C(=O)N[C@H]2CCCc3ccccc32)c(C)c1. The first-order chi connectivity index (χ1) is 15.3. The minimum Gasteiger partial charge on any atom is -0.452 e. The van der Waals surface area contributed by atoms with E-state index in [0.29, 0.717) is 0 Å². The highest BCUT2D eigenvalue weighted by Crippen LogP contribution is 2.29. The predicted octanol–water partition coefficient (Wildman–Crippen LogP) is 4.10. The predicted molar refractivity (Wildman–Crippen MR) is 128 cm³/mol. The monoisotopic (exact) mass is 454 g/mol. The summed E-state index contributed by atoms with van der Waals surface area (Å²) in [7, 11) is 0. The highest BCUT2D eigenvalue weighted by Gasteiger charge is 2.25. The molecule has 170 valence electrons. The molecule has 0 saturated carbocycles. The third-order valence-corrected chi connectivity index (χ3v) is 6.38. The molecule has 0 radical (unpaired) electrons. The van der Waals surface area contributed by atoms with Gasteiger partial charge in [0, 0.05) is 5.69 Å². The molecule has 0 spiro atoms. The lowest BCUT2D eigenvalue weighted by molar-refractivity contribution is -0.152. The van der Waals surface area contributed by atoms with Crippen molar-refractivity contribution in [2.24, 2.45) is 0 Å². The molecule has 1 aliphatic carbocycles. The van der Waals surface area contributed by atoms with E-state index in [2.05, 4.69) is 16.7 Å². The lowest BCUT2D eigenvalue weighted by Gasteiger charge is -2.27. The van der Waals surface area contributed by atoms with Gasteiger partial charge in [-0.3, -0.25) is 14.4 Å². The second-order valence-corrected chi connectivity index (χ2v) is 9.13. The molecule has 0 aromatic heterocycles. The molecule has 2 atom stereocenters. The Morgan fingerprint density at radius 2 is 1.91 bits per heavy atom. The Hall–Kier alpha value is -2.80. The highest BCUT2D eigenvalue weighted by molar-refractivity contribution is 8.00. The molecule has 3 rings (SSSR count). The van der Waals surface area contributed by atoms with Gasteiger partial charge >= 0.3 is 5.97 Å². The molecule has 2 amide bonds. The van der Waals surface area contributed by atoms with Gasteiger partial charge in [-0.1, -0.05) is 42.0 Å². The van der Waals surface area contributed by atoms with Gasteiger partial charge in [0.25, 0.3) is 5.91 Å². The average molecular weight is 455 g/mol. The Morgan fingerprint density at radius 1 is 1.12 bits per heavy atom. The first kappa shape index (κ1) is 23.9. The molecule has 0 bridgehead atoms. The number of esters is 1. The van der Waals surface area contributed by atoms with Crippen molar-refractivity contribution in [1.29, 1.82) is 0 Å². The second kappa shape index (κ2) is 11.2. The maximum Gasteiger partial charge on any atom is 0.316 e. The van der Waals surface area contributed by atoms with Crippen molar-refractivity contribution in [3.63, 3.8) is 0 Å². The Morgan fingerprint density at radius 3 is 2.69 bits per heavy atom. The van der Waals surface area contributed by atoms with E-state index in [9.17, 15) is 14.4 Å². The van der Waals surface area contributed by atoms with Crippen molar-refractivity contribution in [2.75, 3.05) is 16.8 Å². The van der Waals surface area contributed by atoms with Gasteiger partial charge in [0.15, 0.2) is 6.10 Å². The van der Waals surface area contributed by atoms with Crippen LogP contribution in [0.1, 0.15) is 48.1 Å². The molecule has 6 nitrogen and oxygen atoms in total. The molecule has 2 aromatic rings. The van der Waals surface area contributed by atoms with Gasteiger partial charge in [-0.05, 0) is 62.8 Å². The van der Waals surface area contributed by atoms with Gasteiger partial charge in [-0.25, -0.2) is 0 Å². The van der Waals surface area contributed by atoms with Crippen LogP contribution in [0.5, 0.6) is 0 Å². The number of carbonyl (C=O) groups is 3. The molecule has 2 aromatic carbocycles. The van der Waals surface area contributed by atoms with Crippen LogP contribution < -0.4 is 10.6 Å². The van der Waals surface area contributed by atoms with Crippen molar-refractivity contribution in [2.45, 2.75) is 52.2 Å². The van der Waals surface area contributed by atoms with Gasteiger partial charge in [-0.2, -0.15) is 0 Å². The highest BCUT2D eigenvalue weighted by atomic mass is 32.2. The van der Waals surface area contributed by atoms with Gasteiger partial charge < -0.3 is 15.4 Å². The number of thioether (sulfide) groups is 1. The van der Waals surface area contributed by atoms with Crippen LogP contribution >= 0.6 is 11.8 Å². The summed E-state index contributed by atoms with van der Waals surface area (Å²) in [5, 5.41) is 5.85. The molecule has 0 saturated heterocycles. The van der Waals surface area contributed by atoms with Crippen LogP contribution in [-0.4, -0.2) is 35.4 Å². The zero-order valence-electron chi connectivity index (χ0n) is 18.8. The van der Waals surface area contributed by atoms with Crippen LogP contribution in [0.2, 0.25) is 0 Å². The van der Waals surface area contributed by atoms with Crippen molar-refractivity contribution >= 4 is 35.2 Å². The minimum absolute atomic E-state index is 0.00415. The van der Waals surface area contributed by atoms with Crippen LogP contribution in [0, 0.1) is 13.8 Å². The molecule has 32 heavy (non-hydrogen) atoms. The number of amides is 2. The number of hydrogen-bond donors (Lipinski definition) is 2. The quantitative estimate of drug-likeness (QED) is 0.587. The fraction of sp³-hybridized carbons (Fsp3) is 0.400. The number of carbonyl (C=O) groups excluding carboxylic acids is 3. The van der Waals surface area contributed by atoms with Crippen LogP contribution in [0.3, 0.4) is 0 Å². The first-order valence-corrected chi connectivity index (χ1v) is 12.0. The molecule has 0 unspecified atom stereocenters. The largest absolute Gasteiger partial charge is 0.452 e. The van der Waals surface area contributed by atoms with Gasteiger partial charge in [-0.15, -0.1) is 11.8 Å². The zero-order chi connectivity index (χ0) is 23.1. The van der Waals surface area contributed by atoms with Crippen molar-refractivity contribution < 1.29 is 19.1 Å². The Bertz CT molecular complexity index is 992. The van der Waals surface area contributed by atoms with E-state index in [1.165, 1.54) is 5.56 Å². The summed E-state index contributed by atoms with van der Waals surface area (Å²) in [6.07, 6.45) is 2.01. The zero-order valence-corrected chi connectivity index (χ0v) is 19.6. The second-order valence-electron chi connectivity index (χ2n) is 8.14. The Balaban J connectivity index is 1.40. The third kappa shape index (κ3) is 6.60. The number of rotatable bonds is 8. The normalized spacial score (nSPS) is 15.9. The van der Waals surface area contributed by atoms with E-state index in [4.69, 9.17) is 4.74 Å². The topological polar surface area (TPSA) is 84.5 Å². The number of nitrogens with one attached hydrogen (secondary N) is 2. The fourth-order valence-corrected chi connectivity index (χ4v) is 4.44. The van der Waals surface area contributed by atoms with Crippen molar-refractivity contribution in [1.82, 2.24) is 5.32 Å². The molecular formula is C25H30N2O4S. The number of anilines is 1. The summed E-state index contributed by atoms with van der Waals surface area (Å²) in [5.41, 5.74) is 5.27. The summed E-state index contributed by atoms with van der Waals surface area (Å²) in [5.74, 6) is -0.873. The number of hydrogen-bond acceptors (Lipinski definition) is 5. The number of benzene rings is 2. The van der Waals surface area contributed by atoms with Crippen LogP contribution in [0.25, 0.3) is 0 Å². The van der Waals surface area contributed by atoms with E-state index in [1.807, 2.05) is 50.2 Å². The molecule has 7 heteroatoms. The number of aryl methyl sites for hydroxylation is 3. The van der Waals surface area contributed by atoms with E-state index in [0.717, 1.165) is 53.4 Å². The maximum absolute atomic E-state index is 12.5. The molecule has 0 aliphatic heterocycles. The summed E-state index contributed by atoms with van der Waals surface area (Å²) in [6.45, 7) is 5.50. The third-order valence-electron chi connectivity index (χ3n) is 5.47. The summed E-state index contributed by atoms with van der Waals surface area (Å²) in [4.78, 5) is 36.8. The standard InChI is InChI=1S/C25H30N2O4S/c1-16-11-12-21(17(2)13-16)26-23(28)14-32-15-24(29)31-18(3)25(30)27-22-10-6-8-19-7-4-5-9-20(19)22/h4-5,7,9,11-13,18,22H,6,8,10,14-15H2,1-3H3,(H,26,28)(H,27,30)/t18-,22+/m1/s1. The lowest BCUT2D eigenvalue weighted by Crippen LogP contribution is -2.39. The van der Waals surface area contributed by atoms with E-state index in [-0.39, 0.29) is 29.4 Å². The lowest BCUT2D eigenvalue weighted by atomic mass is 9.87. The molecule has 1 aliphatic rings. The van der Waals surface area contributed by atoms with E-state index in [1.54, 1.807) is 6.92 Å². The van der Waals surface area contributed by atoms with Crippen molar-refractivity contribution in [3.05, 3.63) is 64.7 Å². The maximum atomic E-state index is 12.5. The summed E-state index contributed by atoms with van der Waals surface area (Å²) < 4.78 is 5.27. The Kier molecular flexibility index (Phi) is 8.33. The molecule has 2 N–H and O–H groups in total. The fourth-order valence-electron chi connectivity index (χ4n) is 3.84. The van der Waals surface area contributed by atoms with Gasteiger partial charge in [0.2, 0.25) is 5.91 Å². The molecular weight excluding hydrogens is 424 g/mol. The van der Waals surface area contributed by atoms with E-state index >= 15 is 0 Å². The first-order valence-electron chi connectivity index (χ1n) is 10.9.